The van der Waals surface area contributed by atoms with Crippen LogP contribution in [0.25, 0.3) is 6.08 Å². The Bertz CT molecular complexity index is 478. The van der Waals surface area contributed by atoms with Crippen LogP contribution in [0.5, 0.6) is 0 Å². The number of benzene rings is 1. The lowest BCUT2D eigenvalue weighted by molar-refractivity contribution is -0.131. The summed E-state index contributed by atoms with van der Waals surface area (Å²) in [6.45, 7) is 2.67. The Morgan fingerprint density at radius 3 is 2.80 bits per heavy atom. The number of carbonyl (C=O) groups is 1. The summed E-state index contributed by atoms with van der Waals surface area (Å²) in [5, 5.41) is 8.75. The van der Waals surface area contributed by atoms with Crippen molar-refractivity contribution in [3.63, 3.8) is 0 Å². The molecule has 1 N–H and O–H groups in total. The fraction of sp³-hybridized carbons (Fsp3) is 0.438. The molecule has 2 rings (SSSR count). The molecule has 1 aromatic rings. The van der Waals surface area contributed by atoms with E-state index in [1.54, 1.807) is 6.08 Å². The van der Waals surface area contributed by atoms with Crippen LogP contribution in [-0.2, 0) is 9.53 Å². The third-order valence-electron chi connectivity index (χ3n) is 3.63. The summed E-state index contributed by atoms with van der Waals surface area (Å²) < 4.78 is 5.38. The minimum Gasteiger partial charge on any atom is -0.478 e. The van der Waals surface area contributed by atoms with Gasteiger partial charge in [-0.05, 0) is 36.5 Å². The lowest BCUT2D eigenvalue weighted by Crippen LogP contribution is -2.29. The van der Waals surface area contributed by atoms with Gasteiger partial charge in [-0.25, -0.2) is 4.79 Å². The quantitative estimate of drug-likeness (QED) is 0.839. The summed E-state index contributed by atoms with van der Waals surface area (Å²) in [5.41, 5.74) is 2.00. The maximum absolute atomic E-state index is 10.7. The molecule has 0 aromatic heterocycles. The van der Waals surface area contributed by atoms with E-state index in [0.717, 1.165) is 43.9 Å². The maximum Gasteiger partial charge on any atom is 0.328 e. The van der Waals surface area contributed by atoms with E-state index in [0.29, 0.717) is 5.92 Å². The van der Waals surface area contributed by atoms with Crippen LogP contribution in [0.3, 0.4) is 0 Å². The first-order chi connectivity index (χ1) is 9.66. The number of anilines is 1. The predicted molar refractivity (Wildman–Crippen MR) is 79.9 cm³/mol. The number of para-hydroxylation sites is 1. The highest BCUT2D eigenvalue weighted by molar-refractivity contribution is 5.86. The summed E-state index contributed by atoms with van der Waals surface area (Å²) in [6.07, 6.45) is 5.02. The molecular weight excluding hydrogens is 254 g/mol. The average Bonchev–Trinajstić information content (AvgIpc) is 2.46. The van der Waals surface area contributed by atoms with Gasteiger partial charge >= 0.3 is 5.97 Å². The van der Waals surface area contributed by atoms with Gasteiger partial charge in [-0.15, -0.1) is 0 Å². The molecule has 108 valence electrons. The Labute approximate surface area is 119 Å². The van der Waals surface area contributed by atoms with Crippen LogP contribution in [0.1, 0.15) is 18.4 Å². The molecule has 1 aliphatic heterocycles. The van der Waals surface area contributed by atoms with Crippen LogP contribution in [0.15, 0.2) is 30.3 Å². The molecule has 0 bridgehead atoms. The Morgan fingerprint density at radius 1 is 1.40 bits per heavy atom. The Hall–Kier alpha value is -1.81. The van der Waals surface area contributed by atoms with E-state index in [2.05, 4.69) is 11.9 Å². The van der Waals surface area contributed by atoms with Gasteiger partial charge in [0.25, 0.3) is 0 Å². The van der Waals surface area contributed by atoms with Gasteiger partial charge in [-0.1, -0.05) is 18.2 Å². The van der Waals surface area contributed by atoms with Crippen molar-refractivity contribution in [1.29, 1.82) is 0 Å². The second kappa shape index (κ2) is 7.10. The van der Waals surface area contributed by atoms with E-state index < -0.39 is 5.97 Å². The van der Waals surface area contributed by atoms with Crippen molar-refractivity contribution in [2.24, 2.45) is 5.92 Å². The van der Waals surface area contributed by atoms with Crippen molar-refractivity contribution in [2.75, 3.05) is 31.7 Å². The molecule has 4 nitrogen and oxygen atoms in total. The van der Waals surface area contributed by atoms with Crippen molar-refractivity contribution in [1.82, 2.24) is 0 Å². The van der Waals surface area contributed by atoms with Crippen molar-refractivity contribution in [2.45, 2.75) is 12.8 Å². The Morgan fingerprint density at radius 2 is 2.10 bits per heavy atom. The number of nitrogens with zero attached hydrogens (tertiary/aromatic N) is 1. The first kappa shape index (κ1) is 14.6. The van der Waals surface area contributed by atoms with Crippen molar-refractivity contribution >= 4 is 17.7 Å². The molecule has 1 aliphatic rings. The number of aliphatic carboxylic acids is 1. The lowest BCUT2D eigenvalue weighted by atomic mass is 9.99. The largest absolute Gasteiger partial charge is 0.478 e. The fourth-order valence-corrected chi connectivity index (χ4v) is 2.55. The molecule has 1 fully saturated rings. The number of hydrogen-bond acceptors (Lipinski definition) is 3. The van der Waals surface area contributed by atoms with Crippen LogP contribution < -0.4 is 4.90 Å². The number of ether oxygens (including phenoxy) is 1. The highest BCUT2D eigenvalue weighted by Crippen LogP contribution is 2.24. The van der Waals surface area contributed by atoms with Gasteiger partial charge in [0.1, 0.15) is 0 Å². The summed E-state index contributed by atoms with van der Waals surface area (Å²) in [5.74, 6) is -0.280. The maximum atomic E-state index is 10.7. The highest BCUT2D eigenvalue weighted by atomic mass is 16.5. The smallest absolute Gasteiger partial charge is 0.328 e. The molecule has 0 unspecified atom stereocenters. The normalized spacial score (nSPS) is 16.4. The highest BCUT2D eigenvalue weighted by Gasteiger charge is 2.16. The molecule has 1 saturated heterocycles. The first-order valence-corrected chi connectivity index (χ1v) is 6.95. The van der Waals surface area contributed by atoms with Gasteiger partial charge < -0.3 is 14.7 Å². The third kappa shape index (κ3) is 4.10. The van der Waals surface area contributed by atoms with Crippen LogP contribution in [0.4, 0.5) is 5.69 Å². The predicted octanol–water partition coefficient (Wildman–Crippen LogP) is 2.65. The zero-order valence-electron chi connectivity index (χ0n) is 11.8. The number of carboxylic acids is 1. The van der Waals surface area contributed by atoms with Gasteiger partial charge in [-0.2, -0.15) is 0 Å². The molecule has 20 heavy (non-hydrogen) atoms. The van der Waals surface area contributed by atoms with E-state index in [1.165, 1.54) is 6.08 Å². The lowest BCUT2D eigenvalue weighted by Gasteiger charge is -2.29. The molecule has 0 spiro atoms. The molecule has 0 radical (unpaired) electrons. The Kier molecular flexibility index (Phi) is 5.18. The summed E-state index contributed by atoms with van der Waals surface area (Å²) >= 11 is 0. The van der Waals surface area contributed by atoms with Gasteiger partial charge in [0, 0.05) is 38.6 Å². The molecule has 0 saturated carbocycles. The van der Waals surface area contributed by atoms with E-state index in [4.69, 9.17) is 9.84 Å². The number of carboxylic acid groups (broad SMARTS) is 1. The van der Waals surface area contributed by atoms with Gasteiger partial charge in [0.15, 0.2) is 0 Å². The van der Waals surface area contributed by atoms with Gasteiger partial charge in [0.05, 0.1) is 0 Å². The second-order valence-corrected chi connectivity index (χ2v) is 5.17. The van der Waals surface area contributed by atoms with E-state index in [-0.39, 0.29) is 0 Å². The topological polar surface area (TPSA) is 49.8 Å². The van der Waals surface area contributed by atoms with Crippen molar-refractivity contribution in [3.05, 3.63) is 35.9 Å². The second-order valence-electron chi connectivity index (χ2n) is 5.17. The molecule has 4 heteroatoms. The van der Waals surface area contributed by atoms with Crippen LogP contribution in [-0.4, -0.2) is 37.9 Å². The van der Waals surface area contributed by atoms with Crippen molar-refractivity contribution < 1.29 is 14.6 Å². The minimum atomic E-state index is -0.924. The summed E-state index contributed by atoms with van der Waals surface area (Å²) in [4.78, 5) is 12.9. The number of hydrogen-bond donors (Lipinski definition) is 1. The average molecular weight is 275 g/mol. The van der Waals surface area contributed by atoms with Gasteiger partial charge in [0.2, 0.25) is 0 Å². The van der Waals surface area contributed by atoms with E-state index in [9.17, 15) is 4.79 Å². The standard InChI is InChI=1S/C16H21NO3/c1-17(12-13-8-10-20-11-9-13)15-5-3-2-4-14(15)6-7-16(18)19/h2-7,13H,8-12H2,1H3,(H,18,19). The van der Waals surface area contributed by atoms with Crippen LogP contribution in [0.2, 0.25) is 0 Å². The molecular formula is C16H21NO3. The zero-order valence-corrected chi connectivity index (χ0v) is 11.8. The SMILES string of the molecule is CN(CC1CCOCC1)c1ccccc1C=CC(=O)O. The van der Waals surface area contributed by atoms with E-state index in [1.807, 2.05) is 24.3 Å². The first-order valence-electron chi connectivity index (χ1n) is 6.95. The third-order valence-corrected chi connectivity index (χ3v) is 3.63. The van der Waals surface area contributed by atoms with E-state index >= 15 is 0 Å². The molecule has 0 aliphatic carbocycles. The fourth-order valence-electron chi connectivity index (χ4n) is 2.55. The summed E-state index contributed by atoms with van der Waals surface area (Å²) in [7, 11) is 2.06. The Balaban J connectivity index is 2.08. The minimum absolute atomic E-state index is 0.644. The van der Waals surface area contributed by atoms with Crippen LogP contribution >= 0.6 is 0 Å². The molecule has 1 heterocycles. The molecule has 0 amide bonds. The monoisotopic (exact) mass is 275 g/mol. The molecule has 1 aromatic carbocycles. The zero-order chi connectivity index (χ0) is 14.4. The number of rotatable bonds is 5. The molecule has 0 atom stereocenters. The van der Waals surface area contributed by atoms with Gasteiger partial charge in [-0.3, -0.25) is 0 Å². The van der Waals surface area contributed by atoms with Crippen LogP contribution in [0, 0.1) is 5.92 Å². The van der Waals surface area contributed by atoms with Crippen molar-refractivity contribution in [3.8, 4) is 0 Å². The summed E-state index contributed by atoms with van der Waals surface area (Å²) in [6, 6.07) is 7.87.